The molecule has 2 atom stereocenters. The zero-order valence-corrected chi connectivity index (χ0v) is 12.0. The normalized spacial score (nSPS) is 21.6. The number of hydrogen-bond donors (Lipinski definition) is 1. The van der Waals surface area contributed by atoms with Crippen molar-refractivity contribution in [3.63, 3.8) is 0 Å². The molecule has 2 rings (SSSR count). The molecule has 5 nitrogen and oxygen atoms in total. The van der Waals surface area contributed by atoms with Gasteiger partial charge in [0.05, 0.1) is 11.6 Å². The molecular formula is C13H17NO4S. The topological polar surface area (TPSA) is 64.6 Å². The highest BCUT2D eigenvalue weighted by atomic mass is 32.1. The molecule has 1 N–H and O–H groups in total. The summed E-state index contributed by atoms with van der Waals surface area (Å²) in [5, 5.41) is 6.23. The molecule has 104 valence electrons. The van der Waals surface area contributed by atoms with Gasteiger partial charge in [0, 0.05) is 11.8 Å². The summed E-state index contributed by atoms with van der Waals surface area (Å²) in [6.45, 7) is 5.40. The van der Waals surface area contributed by atoms with Gasteiger partial charge in [0.15, 0.2) is 0 Å². The maximum Gasteiger partial charge on any atom is 0.408 e. The fraction of sp³-hybridized carbons (Fsp3) is 0.538. The van der Waals surface area contributed by atoms with E-state index >= 15 is 0 Å². The largest absolute Gasteiger partial charge is 0.456 e. The zero-order valence-electron chi connectivity index (χ0n) is 11.1. The van der Waals surface area contributed by atoms with Crippen molar-refractivity contribution in [3.05, 3.63) is 22.4 Å². The van der Waals surface area contributed by atoms with E-state index in [4.69, 9.17) is 9.47 Å². The van der Waals surface area contributed by atoms with E-state index in [2.05, 4.69) is 5.32 Å². The van der Waals surface area contributed by atoms with Gasteiger partial charge in [-0.2, -0.15) is 11.3 Å². The molecule has 1 saturated carbocycles. The van der Waals surface area contributed by atoms with E-state index in [0.29, 0.717) is 12.0 Å². The van der Waals surface area contributed by atoms with Crippen LogP contribution in [0.25, 0.3) is 0 Å². The van der Waals surface area contributed by atoms with Crippen LogP contribution in [-0.2, 0) is 9.47 Å². The highest BCUT2D eigenvalue weighted by molar-refractivity contribution is 7.08. The molecule has 1 aliphatic rings. The molecule has 0 aromatic carbocycles. The fourth-order valence-corrected chi connectivity index (χ4v) is 2.12. The highest BCUT2D eigenvalue weighted by Crippen LogP contribution is 2.27. The van der Waals surface area contributed by atoms with Gasteiger partial charge in [0.1, 0.15) is 11.7 Å². The molecule has 1 aliphatic carbocycles. The Labute approximate surface area is 115 Å². The quantitative estimate of drug-likeness (QED) is 0.866. The lowest BCUT2D eigenvalue weighted by molar-refractivity contribution is 0.0412. The summed E-state index contributed by atoms with van der Waals surface area (Å²) in [4.78, 5) is 23.2. The first kappa shape index (κ1) is 13.9. The Morgan fingerprint density at radius 2 is 2.16 bits per heavy atom. The number of carbonyl (C=O) groups is 2. The average molecular weight is 283 g/mol. The lowest BCUT2D eigenvalue weighted by Gasteiger charge is -2.19. The number of ether oxygens (including phenoxy) is 2. The highest BCUT2D eigenvalue weighted by Gasteiger charge is 2.43. The lowest BCUT2D eigenvalue weighted by Crippen LogP contribution is -2.35. The zero-order chi connectivity index (χ0) is 14.0. The van der Waals surface area contributed by atoms with Crippen LogP contribution in [0.3, 0.4) is 0 Å². The molecule has 0 unspecified atom stereocenters. The summed E-state index contributed by atoms with van der Waals surface area (Å²) >= 11 is 1.44. The molecule has 0 saturated heterocycles. The molecule has 0 radical (unpaired) electrons. The molecule has 19 heavy (non-hydrogen) atoms. The smallest absolute Gasteiger partial charge is 0.408 e. The van der Waals surface area contributed by atoms with Gasteiger partial charge in [-0.25, -0.2) is 9.59 Å². The van der Waals surface area contributed by atoms with Crippen LogP contribution in [0.15, 0.2) is 16.8 Å². The second-order valence-electron chi connectivity index (χ2n) is 5.44. The average Bonchev–Trinajstić information content (AvgIpc) is 2.80. The van der Waals surface area contributed by atoms with Crippen LogP contribution in [-0.4, -0.2) is 29.8 Å². The summed E-state index contributed by atoms with van der Waals surface area (Å²) in [6.07, 6.45) is -0.0960. The summed E-state index contributed by atoms with van der Waals surface area (Å²) < 4.78 is 10.4. The van der Waals surface area contributed by atoms with E-state index in [0.717, 1.165) is 0 Å². The summed E-state index contributed by atoms with van der Waals surface area (Å²) in [5.41, 5.74) is 0.0230. The maximum atomic E-state index is 11.7. The van der Waals surface area contributed by atoms with Crippen molar-refractivity contribution in [2.24, 2.45) is 0 Å². The number of alkyl carbamates (subject to hydrolysis) is 1. The van der Waals surface area contributed by atoms with Crippen LogP contribution >= 0.6 is 11.3 Å². The van der Waals surface area contributed by atoms with Crippen LogP contribution in [0.5, 0.6) is 0 Å². The Morgan fingerprint density at radius 3 is 2.74 bits per heavy atom. The monoisotopic (exact) mass is 283 g/mol. The van der Waals surface area contributed by atoms with E-state index in [1.807, 2.05) is 5.38 Å². The number of carbonyl (C=O) groups excluding carboxylic acids is 2. The van der Waals surface area contributed by atoms with Gasteiger partial charge in [-0.3, -0.25) is 0 Å². The van der Waals surface area contributed by atoms with Gasteiger partial charge in [-0.1, -0.05) is 0 Å². The van der Waals surface area contributed by atoms with Crippen LogP contribution < -0.4 is 5.32 Å². The predicted molar refractivity (Wildman–Crippen MR) is 71.3 cm³/mol. The number of thiophene rings is 1. The Bertz CT molecular complexity index is 463. The van der Waals surface area contributed by atoms with E-state index in [1.165, 1.54) is 11.3 Å². The van der Waals surface area contributed by atoms with Crippen LogP contribution in [0.2, 0.25) is 0 Å². The molecule has 0 bridgehead atoms. The van der Waals surface area contributed by atoms with Crippen molar-refractivity contribution in [3.8, 4) is 0 Å². The second kappa shape index (κ2) is 5.21. The van der Waals surface area contributed by atoms with Gasteiger partial charge in [0.2, 0.25) is 0 Å². The molecule has 0 spiro atoms. The molecule has 1 amide bonds. The van der Waals surface area contributed by atoms with E-state index < -0.39 is 11.7 Å². The first-order valence-electron chi connectivity index (χ1n) is 6.08. The first-order chi connectivity index (χ1) is 8.85. The van der Waals surface area contributed by atoms with Crippen molar-refractivity contribution in [1.29, 1.82) is 0 Å². The van der Waals surface area contributed by atoms with Crippen molar-refractivity contribution in [2.45, 2.75) is 44.9 Å². The molecule has 1 aromatic heterocycles. The third kappa shape index (κ3) is 4.24. The van der Waals surface area contributed by atoms with Crippen molar-refractivity contribution < 1.29 is 19.1 Å². The molecule has 6 heteroatoms. The first-order valence-corrected chi connectivity index (χ1v) is 7.02. The van der Waals surface area contributed by atoms with Gasteiger partial charge < -0.3 is 14.8 Å². The number of nitrogens with one attached hydrogen (secondary N) is 1. The van der Waals surface area contributed by atoms with Crippen LogP contribution in [0.4, 0.5) is 4.79 Å². The maximum absolute atomic E-state index is 11.7. The minimum atomic E-state index is -0.526. The van der Waals surface area contributed by atoms with Crippen LogP contribution in [0.1, 0.15) is 37.6 Å². The second-order valence-corrected chi connectivity index (χ2v) is 6.22. The van der Waals surface area contributed by atoms with E-state index in [9.17, 15) is 9.59 Å². The molecule has 0 aliphatic heterocycles. The summed E-state index contributed by atoms with van der Waals surface area (Å²) in [6, 6.07) is 1.57. The minimum Gasteiger partial charge on any atom is -0.456 e. The Balaban J connectivity index is 1.73. The van der Waals surface area contributed by atoms with Crippen molar-refractivity contribution in [1.82, 2.24) is 5.32 Å². The number of hydrogen-bond acceptors (Lipinski definition) is 5. The number of amides is 1. The predicted octanol–water partition coefficient (Wildman–Crippen LogP) is 2.57. The minimum absolute atomic E-state index is 0.141. The van der Waals surface area contributed by atoms with Crippen molar-refractivity contribution in [2.75, 3.05) is 0 Å². The Kier molecular flexibility index (Phi) is 3.80. The van der Waals surface area contributed by atoms with Gasteiger partial charge in [0.25, 0.3) is 0 Å². The Hall–Kier alpha value is -1.56. The number of esters is 1. The van der Waals surface area contributed by atoms with Gasteiger partial charge in [-0.15, -0.1) is 0 Å². The third-order valence-electron chi connectivity index (χ3n) is 2.45. The van der Waals surface area contributed by atoms with Crippen molar-refractivity contribution >= 4 is 23.4 Å². The van der Waals surface area contributed by atoms with E-state index in [-0.39, 0.29) is 18.1 Å². The fourth-order valence-electron chi connectivity index (χ4n) is 1.50. The SMILES string of the molecule is CC(C)(C)OC(=O)N[C@@H]1C[C@H]1OC(=O)c1ccsc1. The van der Waals surface area contributed by atoms with Gasteiger partial charge >= 0.3 is 12.1 Å². The van der Waals surface area contributed by atoms with E-state index in [1.54, 1.807) is 32.2 Å². The standard InChI is InChI=1S/C13H17NO4S/c1-13(2,3)18-12(16)14-9-6-10(9)17-11(15)8-4-5-19-7-8/h4-5,7,9-10H,6H2,1-3H3,(H,14,16)/t9-,10-/m1/s1. The summed E-state index contributed by atoms with van der Waals surface area (Å²) in [5.74, 6) is -0.347. The third-order valence-corrected chi connectivity index (χ3v) is 3.13. The molecule has 1 fully saturated rings. The molecule has 1 aromatic rings. The number of rotatable bonds is 3. The lowest BCUT2D eigenvalue weighted by atomic mass is 10.2. The Morgan fingerprint density at radius 1 is 1.42 bits per heavy atom. The van der Waals surface area contributed by atoms with Crippen LogP contribution in [0, 0.1) is 0 Å². The molecular weight excluding hydrogens is 266 g/mol. The summed E-state index contributed by atoms with van der Waals surface area (Å²) in [7, 11) is 0. The molecule has 1 heterocycles. The van der Waals surface area contributed by atoms with Gasteiger partial charge in [-0.05, 0) is 32.2 Å².